The Morgan fingerprint density at radius 3 is 1.60 bits per heavy atom. The maximum Gasteiger partial charge on any atom is 0.178 e. The van der Waals surface area contributed by atoms with E-state index in [2.05, 4.69) is 0 Å². The van der Waals surface area contributed by atoms with Crippen molar-refractivity contribution in [2.45, 2.75) is 10.5 Å². The lowest BCUT2D eigenvalue weighted by atomic mass is 9.89. The topological polar surface area (TPSA) is 81.7 Å². The molecule has 1 aliphatic heterocycles. The molecule has 2 aliphatic rings. The summed E-state index contributed by atoms with van der Waals surface area (Å²) in [6.07, 6.45) is 0. The second-order valence-electron chi connectivity index (χ2n) is 4.23. The van der Waals surface area contributed by atoms with E-state index in [1.807, 2.05) is 12.1 Å². The van der Waals surface area contributed by atoms with Crippen molar-refractivity contribution in [1.82, 2.24) is 0 Å². The van der Waals surface area contributed by atoms with Crippen LogP contribution < -0.4 is 0 Å². The van der Waals surface area contributed by atoms with Gasteiger partial charge in [-0.2, -0.15) is 10.5 Å². The molecular weight excluding hydrogens is 292 g/mol. The number of carbonyl (C=O) groups is 2. The highest BCUT2D eigenvalue weighted by molar-refractivity contribution is 8.12. The van der Waals surface area contributed by atoms with E-state index in [1.165, 1.54) is 0 Å². The minimum atomic E-state index is -0.617. The van der Waals surface area contributed by atoms with E-state index < -0.39 is 10.5 Å². The van der Waals surface area contributed by atoms with Crippen LogP contribution in [0.15, 0.2) is 34.1 Å². The first-order chi connectivity index (χ1) is 9.67. The van der Waals surface area contributed by atoms with Gasteiger partial charge in [-0.15, -0.1) is 0 Å². The van der Waals surface area contributed by atoms with Crippen molar-refractivity contribution >= 4 is 35.1 Å². The monoisotopic (exact) mass is 298 g/mol. The number of carbonyl (C=O) groups excluding carboxylic acids is 2. The molecule has 0 saturated heterocycles. The number of benzene rings is 1. The number of allylic oxidation sites excluding steroid dienone is 2. The number of hydrogen-bond donors (Lipinski definition) is 0. The van der Waals surface area contributed by atoms with Gasteiger partial charge in [-0.3, -0.25) is 9.59 Å². The van der Waals surface area contributed by atoms with Crippen LogP contribution in [0.1, 0.15) is 20.7 Å². The van der Waals surface area contributed by atoms with Crippen molar-refractivity contribution in [1.29, 1.82) is 10.5 Å². The second-order valence-corrected chi connectivity index (χ2v) is 6.54. The van der Waals surface area contributed by atoms with Crippen LogP contribution in [0.25, 0.3) is 0 Å². The molecule has 0 bridgehead atoms. The molecule has 2 atom stereocenters. The summed E-state index contributed by atoms with van der Waals surface area (Å²) in [5.41, 5.74) is 0.814. The third kappa shape index (κ3) is 1.77. The molecule has 0 radical (unpaired) electrons. The number of rotatable bonds is 0. The third-order valence-corrected chi connectivity index (χ3v) is 5.99. The van der Waals surface area contributed by atoms with Crippen LogP contribution >= 0.6 is 23.5 Å². The summed E-state index contributed by atoms with van der Waals surface area (Å²) in [5, 5.41) is 16.8. The molecule has 0 spiro atoms. The predicted molar refractivity (Wildman–Crippen MR) is 76.1 cm³/mol. The molecule has 0 fully saturated rings. The first-order valence-corrected chi connectivity index (χ1v) is 7.48. The van der Waals surface area contributed by atoms with Crippen LogP contribution in [0.5, 0.6) is 0 Å². The zero-order valence-corrected chi connectivity index (χ0v) is 11.6. The molecule has 4 nitrogen and oxygen atoms in total. The highest BCUT2D eigenvalue weighted by atomic mass is 32.2. The van der Waals surface area contributed by atoms with Gasteiger partial charge in [0, 0.05) is 11.1 Å². The van der Waals surface area contributed by atoms with Gasteiger partial charge in [-0.1, -0.05) is 47.8 Å². The Hall–Kier alpha value is -2.02. The lowest BCUT2D eigenvalue weighted by Gasteiger charge is -2.32. The van der Waals surface area contributed by atoms with E-state index >= 15 is 0 Å². The average Bonchev–Trinajstić information content (AvgIpc) is 2.51. The van der Waals surface area contributed by atoms with Gasteiger partial charge in [0.2, 0.25) is 0 Å². The molecular formula is C14H6N2O2S2. The molecule has 0 aromatic heterocycles. The fraction of sp³-hybridized carbons (Fsp3) is 0.143. The molecule has 1 aromatic carbocycles. The first-order valence-electron chi connectivity index (χ1n) is 5.72. The minimum absolute atomic E-state index is 0.146. The van der Waals surface area contributed by atoms with Crippen LogP contribution in [0.3, 0.4) is 0 Å². The summed E-state index contributed by atoms with van der Waals surface area (Å²) in [4.78, 5) is 25.3. The van der Waals surface area contributed by atoms with Gasteiger partial charge < -0.3 is 0 Å². The second kappa shape index (κ2) is 4.82. The van der Waals surface area contributed by atoms with Gasteiger partial charge >= 0.3 is 0 Å². The lowest BCUT2D eigenvalue weighted by molar-refractivity contribution is 0.0903. The highest BCUT2D eigenvalue weighted by Gasteiger charge is 2.46. The Balaban J connectivity index is 2.12. The zero-order chi connectivity index (χ0) is 14.3. The van der Waals surface area contributed by atoms with Crippen LogP contribution in [-0.2, 0) is 0 Å². The number of nitrogens with zero attached hydrogens (tertiary/aromatic N) is 2. The van der Waals surface area contributed by atoms with Gasteiger partial charge in [0.25, 0.3) is 0 Å². The van der Waals surface area contributed by atoms with E-state index in [0.29, 0.717) is 11.1 Å². The van der Waals surface area contributed by atoms with E-state index in [1.54, 1.807) is 24.3 Å². The Bertz CT molecular complexity index is 692. The van der Waals surface area contributed by atoms with Crippen LogP contribution in [0, 0.1) is 22.7 Å². The number of ketones is 2. The number of fused-ring (bicyclic) bond motifs is 2. The SMILES string of the molecule is N#CC1=C(C#N)SC2C(=O)c3ccccc3C(=O)C2S1. The Kier molecular flexibility index (Phi) is 3.13. The molecule has 0 N–H and O–H groups in total. The largest absolute Gasteiger partial charge is 0.293 e. The van der Waals surface area contributed by atoms with Crippen LogP contribution in [0.2, 0.25) is 0 Å². The molecule has 3 rings (SSSR count). The molecule has 6 heteroatoms. The maximum atomic E-state index is 12.5. The van der Waals surface area contributed by atoms with Crippen molar-refractivity contribution in [2.24, 2.45) is 0 Å². The average molecular weight is 298 g/mol. The predicted octanol–water partition coefficient (Wildman–Crippen LogP) is 2.54. The molecule has 20 heavy (non-hydrogen) atoms. The minimum Gasteiger partial charge on any atom is -0.293 e. The lowest BCUT2D eigenvalue weighted by Crippen LogP contribution is -2.42. The van der Waals surface area contributed by atoms with Crippen molar-refractivity contribution in [3.05, 3.63) is 45.2 Å². The summed E-state index contributed by atoms with van der Waals surface area (Å²) in [7, 11) is 0. The maximum absolute atomic E-state index is 12.5. The molecule has 0 amide bonds. The van der Waals surface area contributed by atoms with Gasteiger partial charge in [0.1, 0.15) is 21.9 Å². The highest BCUT2D eigenvalue weighted by Crippen LogP contribution is 2.47. The standard InChI is InChI=1S/C14H6N2O2S2/c15-5-9-10(6-16)20-14-12(18)8-4-2-1-3-7(8)11(17)13(14)19-9/h1-4,13-14H. The molecule has 1 aliphatic carbocycles. The van der Waals surface area contributed by atoms with Gasteiger partial charge in [-0.25, -0.2) is 0 Å². The fourth-order valence-corrected chi connectivity index (χ4v) is 4.74. The summed E-state index contributed by atoms with van der Waals surface area (Å²) in [6, 6.07) is 10.6. The Morgan fingerprint density at radius 2 is 1.25 bits per heavy atom. The van der Waals surface area contributed by atoms with Crippen LogP contribution in [-0.4, -0.2) is 22.1 Å². The number of hydrogen-bond acceptors (Lipinski definition) is 6. The molecule has 1 heterocycles. The van der Waals surface area contributed by atoms with E-state index in [-0.39, 0.29) is 21.4 Å². The molecule has 96 valence electrons. The quantitative estimate of drug-likeness (QED) is 0.732. The van der Waals surface area contributed by atoms with Crippen molar-refractivity contribution in [3.63, 3.8) is 0 Å². The van der Waals surface area contributed by atoms with Crippen molar-refractivity contribution < 1.29 is 9.59 Å². The Labute approximate surface area is 123 Å². The van der Waals surface area contributed by atoms with E-state index in [0.717, 1.165) is 23.5 Å². The summed E-state index contributed by atoms with van der Waals surface area (Å²) >= 11 is 2.06. The molecule has 0 saturated carbocycles. The van der Waals surface area contributed by atoms with Gasteiger partial charge in [0.05, 0.1) is 10.5 Å². The van der Waals surface area contributed by atoms with Crippen molar-refractivity contribution in [2.75, 3.05) is 0 Å². The molecule has 1 aromatic rings. The van der Waals surface area contributed by atoms with E-state index in [4.69, 9.17) is 10.5 Å². The smallest absolute Gasteiger partial charge is 0.178 e. The fourth-order valence-electron chi connectivity index (χ4n) is 2.24. The van der Waals surface area contributed by atoms with Crippen molar-refractivity contribution in [3.8, 4) is 12.1 Å². The number of thioether (sulfide) groups is 2. The normalized spacial score (nSPS) is 24.5. The summed E-state index contributed by atoms with van der Waals surface area (Å²) in [5.74, 6) is -0.292. The number of Topliss-reactive ketones (excluding diaryl/α,β-unsaturated/α-hetero) is 2. The number of nitriles is 2. The summed E-state index contributed by atoms with van der Waals surface area (Å²) < 4.78 is 0. The van der Waals surface area contributed by atoms with Gasteiger partial charge in [-0.05, 0) is 0 Å². The molecule has 2 unspecified atom stereocenters. The summed E-state index contributed by atoms with van der Waals surface area (Å²) in [6.45, 7) is 0. The zero-order valence-electron chi connectivity index (χ0n) is 9.99. The van der Waals surface area contributed by atoms with E-state index in [9.17, 15) is 9.59 Å². The third-order valence-electron chi connectivity index (χ3n) is 3.15. The first kappa shape index (κ1) is 13.0. The van der Waals surface area contributed by atoms with Gasteiger partial charge in [0.15, 0.2) is 11.6 Å². The van der Waals surface area contributed by atoms with Crippen LogP contribution in [0.4, 0.5) is 0 Å². The Morgan fingerprint density at radius 1 is 0.850 bits per heavy atom.